The summed E-state index contributed by atoms with van der Waals surface area (Å²) >= 11 is 0. The Hall–Kier alpha value is -2.08. The third-order valence-electron chi connectivity index (χ3n) is 4.24. The number of carbonyl (C=O) groups excluding carboxylic acids is 1. The molecule has 0 unspecified atom stereocenters. The molecular formula is C18H27N3O3. The van der Waals surface area contributed by atoms with Gasteiger partial charge in [0.25, 0.3) is 0 Å². The van der Waals surface area contributed by atoms with Gasteiger partial charge in [0, 0.05) is 32.7 Å². The summed E-state index contributed by atoms with van der Waals surface area (Å²) in [6.45, 7) is 7.75. The van der Waals surface area contributed by atoms with E-state index in [1.165, 1.54) is 5.56 Å². The van der Waals surface area contributed by atoms with Crippen LogP contribution in [0.3, 0.4) is 0 Å². The van der Waals surface area contributed by atoms with Crippen molar-refractivity contribution >= 4 is 12.0 Å². The largest absolute Gasteiger partial charge is 0.465 e. The maximum Gasteiger partial charge on any atom is 0.405 e. The number of rotatable bonds is 6. The van der Waals surface area contributed by atoms with Gasteiger partial charge in [0.1, 0.15) is 6.04 Å². The predicted molar refractivity (Wildman–Crippen MR) is 92.7 cm³/mol. The Morgan fingerprint density at radius 2 is 1.75 bits per heavy atom. The molecule has 1 aliphatic rings. The number of nitrogens with one attached hydrogen (secondary N) is 1. The topological polar surface area (TPSA) is 72.9 Å². The Labute approximate surface area is 143 Å². The summed E-state index contributed by atoms with van der Waals surface area (Å²) in [5, 5.41) is 11.3. The number of nitrogens with zero attached hydrogens (tertiary/aromatic N) is 2. The van der Waals surface area contributed by atoms with Gasteiger partial charge in [-0.15, -0.1) is 0 Å². The first-order valence-corrected chi connectivity index (χ1v) is 8.50. The first-order valence-electron chi connectivity index (χ1n) is 8.50. The highest BCUT2D eigenvalue weighted by Crippen LogP contribution is 2.12. The zero-order chi connectivity index (χ0) is 17.5. The molecule has 6 nitrogen and oxygen atoms in total. The van der Waals surface area contributed by atoms with Gasteiger partial charge >= 0.3 is 6.09 Å². The molecule has 2 rings (SSSR count). The Morgan fingerprint density at radius 3 is 2.29 bits per heavy atom. The molecule has 0 aliphatic carbocycles. The molecule has 0 bridgehead atoms. The zero-order valence-electron chi connectivity index (χ0n) is 14.4. The van der Waals surface area contributed by atoms with E-state index in [4.69, 9.17) is 5.11 Å². The Kier molecular flexibility index (Phi) is 6.61. The van der Waals surface area contributed by atoms with E-state index in [2.05, 4.69) is 22.3 Å². The van der Waals surface area contributed by atoms with Crippen molar-refractivity contribution in [3.05, 3.63) is 35.9 Å². The summed E-state index contributed by atoms with van der Waals surface area (Å²) in [5.41, 5.74) is 1.27. The number of hydrogen-bond donors (Lipinski definition) is 2. The minimum Gasteiger partial charge on any atom is -0.465 e. The molecule has 0 spiro atoms. The van der Waals surface area contributed by atoms with Crippen LogP contribution < -0.4 is 5.32 Å². The fourth-order valence-corrected chi connectivity index (χ4v) is 3.03. The van der Waals surface area contributed by atoms with E-state index in [-0.39, 0.29) is 11.8 Å². The number of benzene rings is 1. The molecule has 2 amide bonds. The van der Waals surface area contributed by atoms with Crippen molar-refractivity contribution < 1.29 is 14.7 Å². The number of hydrogen-bond acceptors (Lipinski definition) is 3. The number of amides is 2. The van der Waals surface area contributed by atoms with Gasteiger partial charge in [-0.3, -0.25) is 9.69 Å². The van der Waals surface area contributed by atoms with E-state index in [1.54, 1.807) is 4.90 Å². The minimum atomic E-state index is -1.14. The lowest BCUT2D eigenvalue weighted by molar-refractivity contribution is -0.135. The van der Waals surface area contributed by atoms with E-state index in [9.17, 15) is 9.59 Å². The van der Waals surface area contributed by atoms with Crippen LogP contribution in [0.2, 0.25) is 0 Å². The molecular weight excluding hydrogens is 306 g/mol. The van der Waals surface area contributed by atoms with Crippen LogP contribution >= 0.6 is 0 Å². The van der Waals surface area contributed by atoms with Gasteiger partial charge in [-0.25, -0.2) is 4.79 Å². The lowest BCUT2D eigenvalue weighted by Gasteiger charge is -2.36. The highest BCUT2D eigenvalue weighted by Gasteiger charge is 2.29. The monoisotopic (exact) mass is 333 g/mol. The van der Waals surface area contributed by atoms with Gasteiger partial charge in [-0.2, -0.15) is 0 Å². The first-order chi connectivity index (χ1) is 11.5. The molecule has 0 saturated carbocycles. The number of piperazine rings is 1. The second kappa shape index (κ2) is 8.68. The Bertz CT molecular complexity index is 540. The van der Waals surface area contributed by atoms with Crippen LogP contribution in [-0.2, 0) is 11.3 Å². The average molecular weight is 333 g/mol. The summed E-state index contributed by atoms with van der Waals surface area (Å²) in [4.78, 5) is 27.7. The molecule has 132 valence electrons. The highest BCUT2D eigenvalue weighted by molar-refractivity contribution is 5.85. The van der Waals surface area contributed by atoms with Crippen LogP contribution in [0, 0.1) is 5.92 Å². The van der Waals surface area contributed by atoms with Crippen molar-refractivity contribution in [2.75, 3.05) is 26.2 Å². The fourth-order valence-electron chi connectivity index (χ4n) is 3.03. The summed E-state index contributed by atoms with van der Waals surface area (Å²) < 4.78 is 0. The van der Waals surface area contributed by atoms with Gasteiger partial charge in [-0.05, 0) is 17.9 Å². The maximum absolute atomic E-state index is 12.6. The summed E-state index contributed by atoms with van der Waals surface area (Å²) in [5.74, 6) is 0.149. The van der Waals surface area contributed by atoms with E-state index >= 15 is 0 Å². The molecule has 0 radical (unpaired) electrons. The predicted octanol–water partition coefficient (Wildman–Crippen LogP) is 2.01. The zero-order valence-corrected chi connectivity index (χ0v) is 14.4. The molecule has 1 atom stereocenters. The van der Waals surface area contributed by atoms with Crippen LogP contribution in [0.25, 0.3) is 0 Å². The van der Waals surface area contributed by atoms with Gasteiger partial charge in [0.2, 0.25) is 5.91 Å². The smallest absolute Gasteiger partial charge is 0.405 e. The molecule has 1 saturated heterocycles. The minimum absolute atomic E-state index is 0.106. The second-order valence-corrected chi connectivity index (χ2v) is 6.72. The summed E-state index contributed by atoms with van der Waals surface area (Å²) in [6.07, 6.45) is -0.619. The summed E-state index contributed by atoms with van der Waals surface area (Å²) in [6, 6.07) is 9.62. The molecule has 6 heteroatoms. The van der Waals surface area contributed by atoms with Crippen LogP contribution in [0.1, 0.15) is 25.8 Å². The van der Waals surface area contributed by atoms with E-state index in [1.807, 2.05) is 32.0 Å². The van der Waals surface area contributed by atoms with Crippen molar-refractivity contribution in [1.82, 2.24) is 15.1 Å². The van der Waals surface area contributed by atoms with Crippen molar-refractivity contribution in [2.24, 2.45) is 5.92 Å². The molecule has 1 heterocycles. The standard InChI is InChI=1S/C18H27N3O3/c1-14(2)12-16(19-18(23)24)17(22)21-10-8-20(9-11-21)13-15-6-4-3-5-7-15/h3-7,14,16,19H,8-13H2,1-2H3,(H,23,24)/t16-/m0/s1. The van der Waals surface area contributed by atoms with E-state index < -0.39 is 12.1 Å². The molecule has 1 fully saturated rings. The van der Waals surface area contributed by atoms with E-state index in [0.29, 0.717) is 19.5 Å². The normalized spacial score (nSPS) is 16.9. The third-order valence-corrected chi connectivity index (χ3v) is 4.24. The second-order valence-electron chi connectivity index (χ2n) is 6.72. The van der Waals surface area contributed by atoms with Gasteiger partial charge in [0.05, 0.1) is 0 Å². The number of carbonyl (C=O) groups is 2. The maximum atomic E-state index is 12.6. The van der Waals surface area contributed by atoms with Crippen LogP contribution in [0.4, 0.5) is 4.79 Å². The molecule has 1 aromatic carbocycles. The van der Waals surface area contributed by atoms with Crippen molar-refractivity contribution in [2.45, 2.75) is 32.9 Å². The van der Waals surface area contributed by atoms with Crippen molar-refractivity contribution in [1.29, 1.82) is 0 Å². The SMILES string of the molecule is CC(C)C[C@H](NC(=O)O)C(=O)N1CCN(Cc2ccccc2)CC1. The van der Waals surface area contributed by atoms with Crippen LogP contribution in [0.5, 0.6) is 0 Å². The Balaban J connectivity index is 1.87. The molecule has 1 aliphatic heterocycles. The molecule has 1 aromatic rings. The Morgan fingerprint density at radius 1 is 1.12 bits per heavy atom. The molecule has 0 aromatic heterocycles. The third kappa shape index (κ3) is 5.53. The molecule has 24 heavy (non-hydrogen) atoms. The van der Waals surface area contributed by atoms with Crippen LogP contribution in [0.15, 0.2) is 30.3 Å². The molecule has 2 N–H and O–H groups in total. The highest BCUT2D eigenvalue weighted by atomic mass is 16.4. The van der Waals surface area contributed by atoms with Crippen molar-refractivity contribution in [3.63, 3.8) is 0 Å². The summed E-state index contributed by atoms with van der Waals surface area (Å²) in [7, 11) is 0. The lowest BCUT2D eigenvalue weighted by atomic mass is 10.0. The lowest BCUT2D eigenvalue weighted by Crippen LogP contribution is -2.54. The first kappa shape index (κ1) is 18.3. The van der Waals surface area contributed by atoms with Crippen molar-refractivity contribution in [3.8, 4) is 0 Å². The average Bonchev–Trinajstić information content (AvgIpc) is 2.54. The van der Waals surface area contributed by atoms with E-state index in [0.717, 1.165) is 19.6 Å². The number of carboxylic acid groups (broad SMARTS) is 1. The quantitative estimate of drug-likeness (QED) is 0.835. The van der Waals surface area contributed by atoms with Crippen LogP contribution in [-0.4, -0.2) is 59.1 Å². The van der Waals surface area contributed by atoms with Gasteiger partial charge in [0.15, 0.2) is 0 Å². The van der Waals surface area contributed by atoms with Gasteiger partial charge < -0.3 is 15.3 Å². The van der Waals surface area contributed by atoms with Gasteiger partial charge in [-0.1, -0.05) is 44.2 Å². The fraction of sp³-hybridized carbons (Fsp3) is 0.556.